The summed E-state index contributed by atoms with van der Waals surface area (Å²) in [5, 5.41) is 3.07. The van der Waals surface area contributed by atoms with Gasteiger partial charge < -0.3 is 10.1 Å². The van der Waals surface area contributed by atoms with E-state index in [9.17, 15) is 4.79 Å². The van der Waals surface area contributed by atoms with Crippen molar-refractivity contribution in [1.82, 2.24) is 5.32 Å². The first-order valence-electron chi connectivity index (χ1n) is 6.79. The van der Waals surface area contributed by atoms with Crippen LogP contribution in [0.25, 0.3) is 0 Å². The van der Waals surface area contributed by atoms with Crippen LogP contribution in [0.2, 0.25) is 0 Å². The summed E-state index contributed by atoms with van der Waals surface area (Å²) >= 11 is 0. The standard InChI is InChI=1S/C17H17NO2/c1-12(19)18-17-14-9-5-6-10-16(14)20-11-15(17)13-7-3-2-4-8-13/h2-10,15,17H,11H2,1H3,(H,18,19). The molecule has 20 heavy (non-hydrogen) atoms. The van der Waals surface area contributed by atoms with Gasteiger partial charge in [-0.15, -0.1) is 0 Å². The number of nitrogens with one attached hydrogen (secondary N) is 1. The lowest BCUT2D eigenvalue weighted by molar-refractivity contribution is -0.120. The Labute approximate surface area is 118 Å². The van der Waals surface area contributed by atoms with Crippen molar-refractivity contribution in [3.05, 3.63) is 65.7 Å². The van der Waals surface area contributed by atoms with Crippen molar-refractivity contribution in [2.75, 3.05) is 6.61 Å². The summed E-state index contributed by atoms with van der Waals surface area (Å²) in [4.78, 5) is 11.5. The number of para-hydroxylation sites is 1. The third kappa shape index (κ3) is 2.39. The minimum atomic E-state index is -0.0418. The number of benzene rings is 2. The number of carbonyl (C=O) groups excluding carboxylic acids is 1. The highest BCUT2D eigenvalue weighted by Crippen LogP contribution is 2.40. The van der Waals surface area contributed by atoms with Crippen LogP contribution in [0, 0.1) is 0 Å². The predicted octanol–water partition coefficient (Wildman–Crippen LogP) is 3.04. The van der Waals surface area contributed by atoms with Gasteiger partial charge in [-0.2, -0.15) is 0 Å². The van der Waals surface area contributed by atoms with Crippen LogP contribution in [0.4, 0.5) is 0 Å². The molecule has 102 valence electrons. The Kier molecular flexibility index (Phi) is 3.42. The first-order chi connectivity index (χ1) is 9.75. The first kappa shape index (κ1) is 12.7. The molecule has 0 saturated heterocycles. The second-order valence-electron chi connectivity index (χ2n) is 5.04. The lowest BCUT2D eigenvalue weighted by Crippen LogP contribution is -2.36. The first-order valence-corrected chi connectivity index (χ1v) is 6.79. The molecule has 1 aliphatic rings. The van der Waals surface area contributed by atoms with Crippen LogP contribution < -0.4 is 10.1 Å². The highest BCUT2D eigenvalue weighted by atomic mass is 16.5. The van der Waals surface area contributed by atoms with E-state index < -0.39 is 0 Å². The molecule has 3 rings (SSSR count). The predicted molar refractivity (Wildman–Crippen MR) is 77.7 cm³/mol. The van der Waals surface area contributed by atoms with Crippen LogP contribution in [0.15, 0.2) is 54.6 Å². The number of carbonyl (C=O) groups is 1. The van der Waals surface area contributed by atoms with Crippen molar-refractivity contribution in [1.29, 1.82) is 0 Å². The Hall–Kier alpha value is -2.29. The summed E-state index contributed by atoms with van der Waals surface area (Å²) in [6, 6.07) is 18.0. The van der Waals surface area contributed by atoms with Gasteiger partial charge in [-0.1, -0.05) is 48.5 Å². The Bertz CT molecular complexity index is 609. The average molecular weight is 267 g/mol. The number of amides is 1. The monoisotopic (exact) mass is 267 g/mol. The molecule has 0 bridgehead atoms. The van der Waals surface area contributed by atoms with Crippen LogP contribution >= 0.6 is 0 Å². The van der Waals surface area contributed by atoms with Crippen LogP contribution in [-0.4, -0.2) is 12.5 Å². The van der Waals surface area contributed by atoms with E-state index in [1.54, 1.807) is 6.92 Å². The molecule has 2 atom stereocenters. The molecule has 0 radical (unpaired) electrons. The van der Waals surface area contributed by atoms with Crippen molar-refractivity contribution in [3.8, 4) is 5.75 Å². The van der Waals surface area contributed by atoms with Crippen LogP contribution in [0.5, 0.6) is 5.75 Å². The molecule has 3 heteroatoms. The topological polar surface area (TPSA) is 38.3 Å². The number of rotatable bonds is 2. The quantitative estimate of drug-likeness (QED) is 0.908. The molecule has 0 fully saturated rings. The maximum absolute atomic E-state index is 11.5. The van der Waals surface area contributed by atoms with Gasteiger partial charge in [0.15, 0.2) is 0 Å². The summed E-state index contributed by atoms with van der Waals surface area (Å²) < 4.78 is 5.85. The molecular formula is C17H17NO2. The minimum Gasteiger partial charge on any atom is -0.492 e. The van der Waals surface area contributed by atoms with E-state index in [1.165, 1.54) is 5.56 Å². The Morgan fingerprint density at radius 1 is 1.10 bits per heavy atom. The zero-order chi connectivity index (χ0) is 13.9. The molecule has 1 aliphatic heterocycles. The molecule has 3 nitrogen and oxygen atoms in total. The van der Waals surface area contributed by atoms with E-state index in [0.717, 1.165) is 11.3 Å². The van der Waals surface area contributed by atoms with Gasteiger partial charge in [-0.3, -0.25) is 4.79 Å². The second-order valence-corrected chi connectivity index (χ2v) is 5.04. The van der Waals surface area contributed by atoms with Crippen molar-refractivity contribution < 1.29 is 9.53 Å². The van der Waals surface area contributed by atoms with Gasteiger partial charge in [0.05, 0.1) is 12.6 Å². The van der Waals surface area contributed by atoms with E-state index >= 15 is 0 Å². The number of ether oxygens (including phenoxy) is 1. The molecule has 0 aliphatic carbocycles. The fourth-order valence-corrected chi connectivity index (χ4v) is 2.75. The smallest absolute Gasteiger partial charge is 0.217 e. The highest BCUT2D eigenvalue weighted by Gasteiger charge is 2.32. The van der Waals surface area contributed by atoms with E-state index in [1.807, 2.05) is 42.5 Å². The van der Waals surface area contributed by atoms with Gasteiger partial charge in [0, 0.05) is 18.4 Å². The highest BCUT2D eigenvalue weighted by molar-refractivity contribution is 5.74. The molecular weight excluding hydrogens is 250 g/mol. The third-order valence-electron chi connectivity index (χ3n) is 3.66. The SMILES string of the molecule is CC(=O)NC1c2ccccc2OCC1c1ccccc1. The molecule has 0 aromatic heterocycles. The molecule has 1 heterocycles. The summed E-state index contributed by atoms with van der Waals surface area (Å²) in [6.07, 6.45) is 0. The fraction of sp³-hybridized carbons (Fsp3) is 0.235. The Morgan fingerprint density at radius 3 is 2.55 bits per heavy atom. The summed E-state index contributed by atoms with van der Waals surface area (Å²) in [5.41, 5.74) is 2.23. The van der Waals surface area contributed by atoms with Crippen molar-refractivity contribution >= 4 is 5.91 Å². The Morgan fingerprint density at radius 2 is 1.80 bits per heavy atom. The number of hydrogen-bond acceptors (Lipinski definition) is 2. The van der Waals surface area contributed by atoms with Crippen LogP contribution in [0.3, 0.4) is 0 Å². The third-order valence-corrected chi connectivity index (χ3v) is 3.66. The zero-order valence-electron chi connectivity index (χ0n) is 11.4. The summed E-state index contributed by atoms with van der Waals surface area (Å²) in [5.74, 6) is 0.973. The average Bonchev–Trinajstić information content (AvgIpc) is 2.48. The van der Waals surface area contributed by atoms with E-state index in [2.05, 4.69) is 17.4 Å². The van der Waals surface area contributed by atoms with Crippen molar-refractivity contribution in [3.63, 3.8) is 0 Å². The van der Waals surface area contributed by atoms with Gasteiger partial charge >= 0.3 is 0 Å². The van der Waals surface area contributed by atoms with Crippen LogP contribution in [-0.2, 0) is 4.79 Å². The maximum atomic E-state index is 11.5. The fourth-order valence-electron chi connectivity index (χ4n) is 2.75. The molecule has 1 N–H and O–H groups in total. The van der Waals surface area contributed by atoms with E-state index in [4.69, 9.17) is 4.74 Å². The van der Waals surface area contributed by atoms with Crippen molar-refractivity contribution in [2.24, 2.45) is 0 Å². The van der Waals surface area contributed by atoms with E-state index in [0.29, 0.717) is 6.61 Å². The second kappa shape index (κ2) is 5.37. The summed E-state index contributed by atoms with van der Waals surface area (Å²) in [7, 11) is 0. The molecule has 2 aromatic rings. The van der Waals surface area contributed by atoms with Gasteiger partial charge in [0.2, 0.25) is 5.91 Å². The minimum absolute atomic E-state index is 0.0207. The van der Waals surface area contributed by atoms with E-state index in [-0.39, 0.29) is 17.9 Å². The van der Waals surface area contributed by atoms with Gasteiger partial charge in [0.1, 0.15) is 5.75 Å². The molecule has 0 saturated carbocycles. The molecule has 0 spiro atoms. The summed E-state index contributed by atoms with van der Waals surface area (Å²) in [6.45, 7) is 2.13. The normalized spacial score (nSPS) is 20.6. The molecule has 2 aromatic carbocycles. The van der Waals surface area contributed by atoms with Gasteiger partial charge in [-0.25, -0.2) is 0 Å². The van der Waals surface area contributed by atoms with Crippen molar-refractivity contribution in [2.45, 2.75) is 18.9 Å². The van der Waals surface area contributed by atoms with Gasteiger partial charge in [0.25, 0.3) is 0 Å². The number of hydrogen-bond donors (Lipinski definition) is 1. The lowest BCUT2D eigenvalue weighted by Gasteiger charge is -2.34. The zero-order valence-corrected chi connectivity index (χ0v) is 11.4. The Balaban J connectivity index is 2.01. The molecule has 2 unspecified atom stereocenters. The largest absolute Gasteiger partial charge is 0.492 e. The maximum Gasteiger partial charge on any atom is 0.217 e. The number of fused-ring (bicyclic) bond motifs is 1. The van der Waals surface area contributed by atoms with Gasteiger partial charge in [-0.05, 0) is 11.6 Å². The molecule has 1 amide bonds. The lowest BCUT2D eigenvalue weighted by atomic mass is 9.85. The van der Waals surface area contributed by atoms with Crippen LogP contribution in [0.1, 0.15) is 30.0 Å².